The van der Waals surface area contributed by atoms with Crippen molar-refractivity contribution in [3.05, 3.63) is 109 Å². The van der Waals surface area contributed by atoms with Crippen LogP contribution in [0.15, 0.2) is 104 Å². The number of rotatable bonds is 46. The minimum atomic E-state index is -5.21. The van der Waals surface area contributed by atoms with Gasteiger partial charge in [0.1, 0.15) is 62.3 Å². The summed E-state index contributed by atoms with van der Waals surface area (Å²) in [5.74, 6) is -2.79. The summed E-state index contributed by atoms with van der Waals surface area (Å²) in [4.78, 5) is 84.1. The van der Waals surface area contributed by atoms with Crippen LogP contribution in [0.4, 0.5) is 14.4 Å². The predicted molar refractivity (Wildman–Crippen MR) is 369 cm³/mol. The fourth-order valence-corrected chi connectivity index (χ4v) is 11.5. The number of benzene rings is 3. The van der Waals surface area contributed by atoms with Crippen LogP contribution in [0.1, 0.15) is 181 Å². The van der Waals surface area contributed by atoms with Gasteiger partial charge in [-0.3, -0.25) is 14.1 Å². The first-order valence-electron chi connectivity index (χ1n) is 32.9. The van der Waals surface area contributed by atoms with Crippen LogP contribution in [0.5, 0.6) is 11.5 Å². The van der Waals surface area contributed by atoms with Crippen molar-refractivity contribution >= 4 is 114 Å². The number of amides is 2. The van der Waals surface area contributed by atoms with Crippen molar-refractivity contribution in [1.82, 2.24) is 10.6 Å². The van der Waals surface area contributed by atoms with Gasteiger partial charge in [-0.1, -0.05) is 278 Å². The number of para-hydroxylation sites is 2. The molecule has 2 N–H and O–H groups in total. The summed E-state index contributed by atoms with van der Waals surface area (Å²) in [5.41, 5.74) is -1.28. The molecule has 96 heavy (non-hydrogen) atoms. The summed E-state index contributed by atoms with van der Waals surface area (Å²) in [7, 11) is -5.21. The quantitative estimate of drug-likeness (QED) is 0.0133. The zero-order valence-corrected chi connectivity index (χ0v) is 60.7. The Morgan fingerprint density at radius 2 is 1.16 bits per heavy atom. The molecule has 0 aromatic heterocycles. The molecular formula is C68H95Cl6N2O19P. The molecule has 4 rings (SSSR count). The van der Waals surface area contributed by atoms with E-state index in [2.05, 4.69) is 31.1 Å². The summed E-state index contributed by atoms with van der Waals surface area (Å²) in [6.45, 7) is 7.16. The van der Waals surface area contributed by atoms with Crippen molar-refractivity contribution < 1.29 is 89.5 Å². The van der Waals surface area contributed by atoms with E-state index in [4.69, 9.17) is 126 Å². The van der Waals surface area contributed by atoms with Crippen LogP contribution >= 0.6 is 77.4 Å². The highest BCUT2D eigenvalue weighted by Gasteiger charge is 2.55. The lowest BCUT2D eigenvalue weighted by Crippen LogP contribution is -2.67. The number of esters is 3. The maximum Gasteiger partial charge on any atom is 0.588 e. The van der Waals surface area contributed by atoms with Gasteiger partial charge < -0.3 is 62.3 Å². The number of nitrogens with one attached hydrogen (secondary N) is 2. The molecule has 1 fully saturated rings. The first-order valence-corrected chi connectivity index (χ1v) is 36.7. The van der Waals surface area contributed by atoms with Crippen LogP contribution in [0, 0.1) is 0 Å². The Kier molecular flexibility index (Phi) is 39.7. The Morgan fingerprint density at radius 3 is 1.68 bits per heavy atom. The smallest absolute Gasteiger partial charge is 0.462 e. The molecule has 0 aliphatic carbocycles. The number of alkyl carbamates (subject to hydrolysis) is 2. The molecule has 21 nitrogen and oxygen atoms in total. The van der Waals surface area contributed by atoms with Crippen molar-refractivity contribution in [1.29, 1.82) is 0 Å². The molecule has 28 heteroatoms. The Balaban J connectivity index is 1.87. The van der Waals surface area contributed by atoms with E-state index in [1.54, 1.807) is 66.7 Å². The van der Waals surface area contributed by atoms with E-state index in [0.29, 0.717) is 18.4 Å². The number of alkyl halides is 6. The number of hydrogen-bond acceptors (Lipinski definition) is 19. The van der Waals surface area contributed by atoms with Crippen molar-refractivity contribution in [2.75, 3.05) is 26.4 Å². The zero-order chi connectivity index (χ0) is 70.2. The van der Waals surface area contributed by atoms with Crippen LogP contribution in [0.2, 0.25) is 0 Å². The second-order valence-electron chi connectivity index (χ2n) is 23.6. The minimum absolute atomic E-state index is 0.0582. The summed E-state index contributed by atoms with van der Waals surface area (Å²) < 4.78 is 82.4. The van der Waals surface area contributed by atoms with Crippen LogP contribution in [0.3, 0.4) is 0 Å². The molecular weight excluding hydrogens is 1390 g/mol. The Bertz CT molecular complexity index is 2740. The van der Waals surface area contributed by atoms with E-state index in [0.717, 1.165) is 83.5 Å². The molecule has 3 aromatic carbocycles. The summed E-state index contributed by atoms with van der Waals surface area (Å²) in [6, 6.07) is 20.2. The number of carbonyl (C=O) groups excluding carboxylic acids is 6. The Labute approximate surface area is 595 Å². The number of halogens is 6. The van der Waals surface area contributed by atoms with E-state index in [9.17, 15) is 24.0 Å². The van der Waals surface area contributed by atoms with E-state index in [1.807, 2.05) is 0 Å². The first kappa shape index (κ1) is 83.5. The fourth-order valence-electron chi connectivity index (χ4n) is 9.76. The third kappa shape index (κ3) is 34.7. The second-order valence-corrected chi connectivity index (χ2v) is 29.9. The normalized spacial score (nSPS) is 17.2. The molecule has 2 amide bonds. The zero-order valence-electron chi connectivity index (χ0n) is 55.3. The Morgan fingerprint density at radius 1 is 0.635 bits per heavy atom. The lowest BCUT2D eigenvalue weighted by molar-refractivity contribution is -0.272. The molecule has 0 bridgehead atoms. The van der Waals surface area contributed by atoms with Crippen LogP contribution in [-0.2, 0) is 72.7 Å². The maximum atomic E-state index is 15.7. The van der Waals surface area contributed by atoms with Crippen molar-refractivity contribution in [3.63, 3.8) is 0 Å². The molecule has 0 unspecified atom stereocenters. The van der Waals surface area contributed by atoms with Gasteiger partial charge >= 0.3 is 44.1 Å². The van der Waals surface area contributed by atoms with Gasteiger partial charge in [0.2, 0.25) is 7.59 Å². The summed E-state index contributed by atoms with van der Waals surface area (Å²) in [6.07, 6.45) is 8.44. The van der Waals surface area contributed by atoms with Gasteiger partial charge in [0, 0.05) is 6.42 Å². The standard InChI is InChI=1S/C68H95Cl6N2O19P/c1-6-9-11-13-15-17-18-20-22-24-35-43-56(77)89-53(42-30-23-21-19-16-14-12-10-7-2)45-57(78)91-60-58(76-64(81)88-49-67(69,70)71)62(86-47-54(75-63(80)84-44-8-3)61(79)85-46-50-36-28-25-29-37-50)90-55(48-87-65(82)92-66(4,5)68(72,73)74)59(60)95-96(83,93-51-38-31-26-32-39-51)94-52-40-33-27-34-41-52/h8,25-29,31-34,36-41,53-55,58-60,62H,3,6-7,9-24,30,35,42-49H2,1-2,4-5H3,(H,75,80)(H,76,81)/t53-,54+,55-,58-,59-,60-,62+/m1/s1. The van der Waals surface area contributed by atoms with Crippen LogP contribution in [-0.4, -0.2) is 119 Å². The first-order chi connectivity index (χ1) is 45.8. The maximum absolute atomic E-state index is 15.7. The molecule has 7 atom stereocenters. The predicted octanol–water partition coefficient (Wildman–Crippen LogP) is 18.0. The van der Waals surface area contributed by atoms with Gasteiger partial charge in [0.05, 0.1) is 13.0 Å². The molecule has 3 aromatic rings. The van der Waals surface area contributed by atoms with Gasteiger partial charge in [0.25, 0.3) is 0 Å². The number of ether oxygens (including phenoxy) is 9. The van der Waals surface area contributed by atoms with Gasteiger partial charge in [0.15, 0.2) is 24.0 Å². The topological polar surface area (TPSA) is 254 Å². The van der Waals surface area contributed by atoms with Gasteiger partial charge in [-0.2, -0.15) is 0 Å². The molecule has 1 heterocycles. The van der Waals surface area contributed by atoms with Crippen molar-refractivity contribution in [3.8, 4) is 11.5 Å². The van der Waals surface area contributed by atoms with E-state index in [-0.39, 0.29) is 37.6 Å². The lowest BCUT2D eigenvalue weighted by Gasteiger charge is -2.45. The second kappa shape index (κ2) is 45.7. The lowest BCUT2D eigenvalue weighted by atomic mass is 9.96. The number of phosphoric acid groups is 1. The number of phosphoric ester groups is 1. The van der Waals surface area contributed by atoms with Gasteiger partial charge in [-0.15, -0.1) is 0 Å². The fraction of sp³-hybridized carbons (Fsp3) is 0.618. The highest BCUT2D eigenvalue weighted by atomic mass is 35.6. The highest BCUT2D eigenvalue weighted by molar-refractivity contribution is 7.49. The van der Waals surface area contributed by atoms with Crippen LogP contribution < -0.4 is 19.7 Å². The molecule has 0 saturated carbocycles. The summed E-state index contributed by atoms with van der Waals surface area (Å²) >= 11 is 36.7. The van der Waals surface area contributed by atoms with E-state index in [1.165, 1.54) is 76.3 Å². The van der Waals surface area contributed by atoms with E-state index < -0.39 is 126 Å². The minimum Gasteiger partial charge on any atom is -0.462 e. The average molecular weight is 1490 g/mol. The molecule has 538 valence electrons. The largest absolute Gasteiger partial charge is 0.588 e. The molecule has 0 spiro atoms. The molecule has 1 saturated heterocycles. The summed E-state index contributed by atoms with van der Waals surface area (Å²) in [5, 5.41) is 4.89. The third-order valence-electron chi connectivity index (χ3n) is 15.0. The molecule has 1 aliphatic rings. The van der Waals surface area contributed by atoms with Crippen LogP contribution in [0.25, 0.3) is 0 Å². The third-order valence-corrected chi connectivity index (χ3v) is 18.1. The van der Waals surface area contributed by atoms with Gasteiger partial charge in [-0.05, 0) is 62.9 Å². The van der Waals surface area contributed by atoms with Gasteiger partial charge in [-0.25, -0.2) is 23.7 Å². The van der Waals surface area contributed by atoms with E-state index >= 15 is 9.36 Å². The molecule has 0 radical (unpaired) electrons. The molecule has 1 aliphatic heterocycles. The number of carbonyl (C=O) groups is 6. The number of unbranched alkanes of at least 4 members (excludes halogenated alkanes) is 18. The van der Waals surface area contributed by atoms with Crippen molar-refractivity contribution in [2.45, 2.75) is 238 Å². The number of hydrogen-bond donors (Lipinski definition) is 2. The van der Waals surface area contributed by atoms with Crippen molar-refractivity contribution in [2.24, 2.45) is 0 Å². The Hall–Kier alpha value is -4.93. The monoisotopic (exact) mass is 1480 g/mol. The highest BCUT2D eigenvalue weighted by Crippen LogP contribution is 2.53. The average Bonchev–Trinajstić information content (AvgIpc) is 0.772. The SMILES string of the molecule is C=CCOC(=O)N[C@@H](CO[C@H]1O[C@H](COC(=O)OC(C)(C)C(Cl)(Cl)Cl)[C@@H](OP(=O)(Oc2ccccc2)Oc2ccccc2)[C@H](OC(=O)C[C@@H](CCCCCCCCCCC)OC(=O)CCCCCCCCCCCCC)[C@H]1NC(=O)OCC(Cl)(Cl)Cl)C(=O)OCc1ccccc1.